The van der Waals surface area contributed by atoms with Crippen molar-refractivity contribution in [2.75, 3.05) is 7.05 Å². The molecule has 0 aromatic rings. The Bertz CT molecular complexity index is 217. The van der Waals surface area contributed by atoms with Gasteiger partial charge < -0.3 is 5.32 Å². The first-order valence-corrected chi connectivity index (χ1v) is 6.35. The van der Waals surface area contributed by atoms with E-state index in [2.05, 4.69) is 39.7 Å². The highest BCUT2D eigenvalue weighted by Gasteiger charge is 2.38. The van der Waals surface area contributed by atoms with Crippen molar-refractivity contribution in [3.63, 3.8) is 0 Å². The predicted octanol–water partition coefficient (Wildman–Crippen LogP) is 3.76. The predicted molar refractivity (Wildman–Crippen MR) is 68.0 cm³/mol. The van der Waals surface area contributed by atoms with Gasteiger partial charge in [-0.05, 0) is 44.1 Å². The molecule has 15 heavy (non-hydrogen) atoms. The first-order valence-electron chi connectivity index (χ1n) is 6.35. The maximum absolute atomic E-state index is 4.14. The molecule has 1 heteroatoms. The summed E-state index contributed by atoms with van der Waals surface area (Å²) in [5, 5.41) is 3.50. The van der Waals surface area contributed by atoms with Crippen LogP contribution in [0.4, 0.5) is 0 Å². The monoisotopic (exact) mass is 209 g/mol. The van der Waals surface area contributed by atoms with Gasteiger partial charge in [0.2, 0.25) is 0 Å². The molecule has 1 rings (SSSR count). The molecule has 0 aromatic heterocycles. The SMILES string of the molecule is C=C(CC)CC(NC)C1CCCC1(C)C. The first kappa shape index (κ1) is 12.8. The van der Waals surface area contributed by atoms with Crippen LogP contribution in [0.5, 0.6) is 0 Å². The van der Waals surface area contributed by atoms with Gasteiger partial charge in [-0.1, -0.05) is 39.3 Å². The Labute approximate surface area is 95.3 Å². The van der Waals surface area contributed by atoms with Crippen LogP contribution in [-0.4, -0.2) is 13.1 Å². The lowest BCUT2D eigenvalue weighted by Crippen LogP contribution is -2.39. The minimum Gasteiger partial charge on any atom is -0.316 e. The summed E-state index contributed by atoms with van der Waals surface area (Å²) in [5.74, 6) is 0.825. The van der Waals surface area contributed by atoms with Crippen molar-refractivity contribution in [1.82, 2.24) is 5.32 Å². The van der Waals surface area contributed by atoms with Gasteiger partial charge in [0.1, 0.15) is 0 Å². The summed E-state index contributed by atoms with van der Waals surface area (Å²) in [5.41, 5.74) is 1.90. The van der Waals surface area contributed by atoms with Gasteiger partial charge in [0.05, 0.1) is 0 Å². The molecule has 1 aliphatic carbocycles. The summed E-state index contributed by atoms with van der Waals surface area (Å²) >= 11 is 0. The third-order valence-electron chi connectivity index (χ3n) is 4.21. The van der Waals surface area contributed by atoms with E-state index < -0.39 is 0 Å². The molecule has 0 spiro atoms. The smallest absolute Gasteiger partial charge is 0.0134 e. The lowest BCUT2D eigenvalue weighted by Gasteiger charge is -2.34. The normalized spacial score (nSPS) is 26.5. The van der Waals surface area contributed by atoms with Gasteiger partial charge in [0, 0.05) is 6.04 Å². The molecule has 0 aromatic carbocycles. The van der Waals surface area contributed by atoms with Gasteiger partial charge in [-0.2, -0.15) is 0 Å². The lowest BCUT2D eigenvalue weighted by atomic mass is 9.76. The van der Waals surface area contributed by atoms with Crippen LogP contribution < -0.4 is 5.32 Å². The summed E-state index contributed by atoms with van der Waals surface area (Å²) in [4.78, 5) is 0. The zero-order valence-electron chi connectivity index (χ0n) is 10.9. The maximum atomic E-state index is 4.14. The van der Waals surface area contributed by atoms with Crippen molar-refractivity contribution < 1.29 is 0 Å². The highest BCUT2D eigenvalue weighted by molar-refractivity contribution is 5.01. The highest BCUT2D eigenvalue weighted by atomic mass is 14.9. The number of rotatable bonds is 5. The summed E-state index contributed by atoms with van der Waals surface area (Å²) < 4.78 is 0. The molecular weight excluding hydrogens is 182 g/mol. The van der Waals surface area contributed by atoms with Crippen molar-refractivity contribution in [3.8, 4) is 0 Å². The maximum Gasteiger partial charge on any atom is 0.0134 e. The second-order valence-corrected chi connectivity index (χ2v) is 5.69. The third-order valence-corrected chi connectivity index (χ3v) is 4.21. The van der Waals surface area contributed by atoms with Crippen molar-refractivity contribution >= 4 is 0 Å². The van der Waals surface area contributed by atoms with Crippen LogP contribution in [0.25, 0.3) is 0 Å². The molecule has 1 nitrogen and oxygen atoms in total. The number of hydrogen-bond donors (Lipinski definition) is 1. The summed E-state index contributed by atoms with van der Waals surface area (Å²) in [6.07, 6.45) is 6.44. The van der Waals surface area contributed by atoms with Crippen LogP contribution in [0, 0.1) is 11.3 Å². The topological polar surface area (TPSA) is 12.0 Å². The fourth-order valence-electron chi connectivity index (χ4n) is 3.00. The molecule has 2 unspecified atom stereocenters. The number of hydrogen-bond acceptors (Lipinski definition) is 1. The molecule has 0 saturated heterocycles. The molecule has 1 fully saturated rings. The molecular formula is C14H27N. The Hall–Kier alpha value is -0.300. The van der Waals surface area contributed by atoms with Crippen LogP contribution in [0.1, 0.15) is 52.9 Å². The van der Waals surface area contributed by atoms with Crippen LogP contribution in [-0.2, 0) is 0 Å². The van der Waals surface area contributed by atoms with Crippen LogP contribution in [0.3, 0.4) is 0 Å². The zero-order valence-corrected chi connectivity index (χ0v) is 10.9. The van der Waals surface area contributed by atoms with E-state index in [0.717, 1.165) is 18.8 Å². The van der Waals surface area contributed by atoms with E-state index in [4.69, 9.17) is 0 Å². The Balaban J connectivity index is 2.62. The van der Waals surface area contributed by atoms with E-state index in [1.807, 2.05) is 0 Å². The first-order chi connectivity index (χ1) is 7.01. The fraction of sp³-hybridized carbons (Fsp3) is 0.857. The molecule has 0 bridgehead atoms. The van der Waals surface area contributed by atoms with E-state index in [0.29, 0.717) is 11.5 Å². The molecule has 2 atom stereocenters. The van der Waals surface area contributed by atoms with Gasteiger partial charge in [-0.25, -0.2) is 0 Å². The standard InChI is InChI=1S/C14H27N/c1-6-11(2)10-13(15-5)12-8-7-9-14(12,3)4/h12-13,15H,2,6-10H2,1,3-5H3. The van der Waals surface area contributed by atoms with Crippen LogP contribution >= 0.6 is 0 Å². The summed E-state index contributed by atoms with van der Waals surface area (Å²) in [6, 6.07) is 0.634. The molecule has 0 amide bonds. The summed E-state index contributed by atoms with van der Waals surface area (Å²) in [6.45, 7) is 11.2. The van der Waals surface area contributed by atoms with Crippen molar-refractivity contribution in [1.29, 1.82) is 0 Å². The van der Waals surface area contributed by atoms with Gasteiger partial charge >= 0.3 is 0 Å². The van der Waals surface area contributed by atoms with E-state index >= 15 is 0 Å². The average molecular weight is 209 g/mol. The number of nitrogens with one attached hydrogen (secondary N) is 1. The largest absolute Gasteiger partial charge is 0.316 e. The van der Waals surface area contributed by atoms with Gasteiger partial charge in [0.15, 0.2) is 0 Å². The molecule has 0 radical (unpaired) electrons. The molecule has 1 saturated carbocycles. The third kappa shape index (κ3) is 3.07. The molecule has 1 N–H and O–H groups in total. The quantitative estimate of drug-likeness (QED) is 0.680. The highest BCUT2D eigenvalue weighted by Crippen LogP contribution is 2.45. The summed E-state index contributed by atoms with van der Waals surface area (Å²) in [7, 11) is 2.10. The fourth-order valence-corrected chi connectivity index (χ4v) is 3.00. The van der Waals surface area contributed by atoms with Crippen molar-refractivity contribution in [2.45, 2.75) is 58.9 Å². The van der Waals surface area contributed by atoms with Gasteiger partial charge in [0.25, 0.3) is 0 Å². The molecule has 1 aliphatic rings. The molecule has 0 aliphatic heterocycles. The van der Waals surface area contributed by atoms with Crippen molar-refractivity contribution in [3.05, 3.63) is 12.2 Å². The van der Waals surface area contributed by atoms with Gasteiger partial charge in [-0.3, -0.25) is 0 Å². The lowest BCUT2D eigenvalue weighted by molar-refractivity contribution is 0.201. The second kappa shape index (κ2) is 5.16. The minimum absolute atomic E-state index is 0.516. The zero-order chi connectivity index (χ0) is 11.5. The second-order valence-electron chi connectivity index (χ2n) is 5.69. The van der Waals surface area contributed by atoms with E-state index in [1.165, 1.54) is 24.8 Å². The van der Waals surface area contributed by atoms with E-state index in [1.54, 1.807) is 0 Å². The molecule has 88 valence electrons. The Morgan fingerprint density at radius 1 is 1.53 bits per heavy atom. The average Bonchev–Trinajstić information content (AvgIpc) is 2.54. The van der Waals surface area contributed by atoms with Crippen LogP contribution in [0.2, 0.25) is 0 Å². The Kier molecular flexibility index (Phi) is 4.39. The minimum atomic E-state index is 0.516. The molecule has 0 heterocycles. The van der Waals surface area contributed by atoms with E-state index in [9.17, 15) is 0 Å². The Morgan fingerprint density at radius 2 is 2.20 bits per heavy atom. The van der Waals surface area contributed by atoms with E-state index in [-0.39, 0.29) is 0 Å². The van der Waals surface area contributed by atoms with Crippen LogP contribution in [0.15, 0.2) is 12.2 Å². The Morgan fingerprint density at radius 3 is 2.60 bits per heavy atom. The van der Waals surface area contributed by atoms with Gasteiger partial charge in [-0.15, -0.1) is 0 Å². The van der Waals surface area contributed by atoms with Crippen molar-refractivity contribution in [2.24, 2.45) is 11.3 Å².